The monoisotopic (exact) mass is 432 g/mol. The Morgan fingerprint density at radius 2 is 1.72 bits per heavy atom. The summed E-state index contributed by atoms with van der Waals surface area (Å²) in [6, 6.07) is 21.1. The minimum Gasteiger partial charge on any atom is -0.483 e. The highest BCUT2D eigenvalue weighted by atomic mass is 16.5. The maximum Gasteiger partial charge on any atom is 0.261 e. The number of carbonyl (C=O) groups excluding carboxylic acids is 2. The number of benzene rings is 3. The Kier molecular flexibility index (Phi) is 7.87. The summed E-state index contributed by atoms with van der Waals surface area (Å²) < 4.78 is 5.93. The molecule has 168 valence electrons. The largest absolute Gasteiger partial charge is 0.483 e. The average molecular weight is 433 g/mol. The van der Waals surface area contributed by atoms with Gasteiger partial charge in [-0.1, -0.05) is 73.2 Å². The molecule has 32 heavy (non-hydrogen) atoms. The van der Waals surface area contributed by atoms with Crippen molar-refractivity contribution >= 4 is 22.6 Å². The van der Waals surface area contributed by atoms with Gasteiger partial charge >= 0.3 is 0 Å². The lowest BCUT2D eigenvalue weighted by Gasteiger charge is -2.29. The predicted molar refractivity (Wildman–Crippen MR) is 129 cm³/mol. The van der Waals surface area contributed by atoms with Crippen LogP contribution in [0.4, 0.5) is 0 Å². The van der Waals surface area contributed by atoms with Gasteiger partial charge in [0, 0.05) is 18.0 Å². The topological polar surface area (TPSA) is 58.6 Å². The molecule has 2 amide bonds. The minimum absolute atomic E-state index is 0.0489. The van der Waals surface area contributed by atoms with Crippen LogP contribution >= 0.6 is 0 Å². The van der Waals surface area contributed by atoms with Crippen LogP contribution in [0.25, 0.3) is 10.8 Å². The molecule has 2 atom stereocenters. The van der Waals surface area contributed by atoms with Crippen LogP contribution in [0, 0.1) is 6.92 Å². The van der Waals surface area contributed by atoms with Gasteiger partial charge in [-0.15, -0.1) is 0 Å². The van der Waals surface area contributed by atoms with Crippen LogP contribution in [0.5, 0.6) is 5.75 Å². The van der Waals surface area contributed by atoms with Crippen molar-refractivity contribution in [3.63, 3.8) is 0 Å². The van der Waals surface area contributed by atoms with Gasteiger partial charge in [0.25, 0.3) is 5.91 Å². The van der Waals surface area contributed by atoms with Gasteiger partial charge in [0.1, 0.15) is 11.8 Å². The number of rotatable bonds is 9. The summed E-state index contributed by atoms with van der Waals surface area (Å²) in [5.74, 6) is 0.264. The molecule has 0 aliphatic carbocycles. The molecule has 5 nitrogen and oxygen atoms in total. The second kappa shape index (κ2) is 10.8. The van der Waals surface area contributed by atoms with Crippen molar-refractivity contribution in [3.8, 4) is 5.75 Å². The lowest BCUT2D eigenvalue weighted by Crippen LogP contribution is -2.50. The van der Waals surface area contributed by atoms with Crippen LogP contribution in [-0.4, -0.2) is 35.4 Å². The Morgan fingerprint density at radius 3 is 2.47 bits per heavy atom. The van der Waals surface area contributed by atoms with E-state index in [0.717, 1.165) is 28.3 Å². The number of amides is 2. The van der Waals surface area contributed by atoms with Gasteiger partial charge in [-0.2, -0.15) is 0 Å². The number of hydrogen-bond donors (Lipinski definition) is 1. The molecule has 5 heteroatoms. The first-order chi connectivity index (χ1) is 15.4. The maximum absolute atomic E-state index is 13.3. The molecular weight excluding hydrogens is 400 g/mol. The highest BCUT2D eigenvalue weighted by Gasteiger charge is 2.27. The second-order valence-electron chi connectivity index (χ2n) is 8.27. The molecule has 3 aromatic rings. The van der Waals surface area contributed by atoms with E-state index in [1.165, 1.54) is 0 Å². The number of nitrogens with one attached hydrogen (secondary N) is 1. The highest BCUT2D eigenvalue weighted by Crippen LogP contribution is 2.25. The first kappa shape index (κ1) is 23.3. The van der Waals surface area contributed by atoms with E-state index in [9.17, 15) is 9.59 Å². The fraction of sp³-hybridized carbons (Fsp3) is 0.333. The predicted octanol–water partition coefficient (Wildman–Crippen LogP) is 4.86. The molecule has 0 saturated carbocycles. The molecular formula is C27H32N2O3. The summed E-state index contributed by atoms with van der Waals surface area (Å²) in [6.07, 6.45) is 0.828. The summed E-state index contributed by atoms with van der Waals surface area (Å²) >= 11 is 0. The molecule has 3 rings (SSSR count). The number of fused-ring (bicyclic) bond motifs is 1. The number of ether oxygens (including phenoxy) is 1. The van der Waals surface area contributed by atoms with Crippen LogP contribution in [0.1, 0.15) is 38.3 Å². The lowest BCUT2D eigenvalue weighted by molar-refractivity contribution is -0.142. The molecule has 0 radical (unpaired) electrons. The molecule has 0 unspecified atom stereocenters. The number of carbonyl (C=O) groups is 2. The molecule has 0 aromatic heterocycles. The zero-order valence-electron chi connectivity index (χ0n) is 19.3. The molecule has 0 bridgehead atoms. The Labute approximate surface area is 190 Å². The molecule has 1 N–H and O–H groups in total. The van der Waals surface area contributed by atoms with Crippen LogP contribution in [0.3, 0.4) is 0 Å². The summed E-state index contributed by atoms with van der Waals surface area (Å²) in [4.78, 5) is 27.7. The molecule has 0 heterocycles. The zero-order valence-corrected chi connectivity index (χ0v) is 19.3. The number of nitrogens with zero attached hydrogens (tertiary/aromatic N) is 1. The lowest BCUT2D eigenvalue weighted by atomic mass is 10.1. The summed E-state index contributed by atoms with van der Waals surface area (Å²) in [5.41, 5.74) is 2.09. The van der Waals surface area contributed by atoms with Crippen LogP contribution < -0.4 is 10.1 Å². The molecule has 0 spiro atoms. The van der Waals surface area contributed by atoms with E-state index in [-0.39, 0.29) is 24.5 Å². The fourth-order valence-electron chi connectivity index (χ4n) is 3.60. The quantitative estimate of drug-likeness (QED) is 0.525. The van der Waals surface area contributed by atoms with E-state index in [1.807, 2.05) is 87.5 Å². The normalized spacial score (nSPS) is 12.8. The van der Waals surface area contributed by atoms with E-state index in [2.05, 4.69) is 5.32 Å². The van der Waals surface area contributed by atoms with E-state index in [1.54, 1.807) is 11.8 Å². The van der Waals surface area contributed by atoms with Gasteiger partial charge in [0.2, 0.25) is 5.91 Å². The van der Waals surface area contributed by atoms with Gasteiger partial charge in [0.05, 0.1) is 0 Å². The van der Waals surface area contributed by atoms with E-state index in [0.29, 0.717) is 12.3 Å². The third-order valence-electron chi connectivity index (χ3n) is 5.70. The fourth-order valence-corrected chi connectivity index (χ4v) is 3.60. The Hall–Kier alpha value is -3.34. The maximum atomic E-state index is 13.3. The molecule has 0 saturated heterocycles. The first-order valence-corrected chi connectivity index (χ1v) is 11.1. The Morgan fingerprint density at radius 1 is 1.00 bits per heavy atom. The SMILES string of the molecule is CC[C@@H](C)NC(=O)[C@@H](C)N(Cc1cccc(C)c1)C(=O)COc1cccc2ccccc12. The van der Waals surface area contributed by atoms with Gasteiger partial charge in [-0.05, 0) is 44.2 Å². The van der Waals surface area contributed by atoms with Crippen LogP contribution in [0.2, 0.25) is 0 Å². The number of aryl methyl sites for hydroxylation is 1. The Balaban J connectivity index is 1.79. The first-order valence-electron chi connectivity index (χ1n) is 11.1. The van der Waals surface area contributed by atoms with Crippen molar-refractivity contribution < 1.29 is 14.3 Å². The third kappa shape index (κ3) is 5.88. The molecule has 0 aliphatic rings. The van der Waals surface area contributed by atoms with Crippen molar-refractivity contribution in [1.29, 1.82) is 0 Å². The number of hydrogen-bond acceptors (Lipinski definition) is 3. The van der Waals surface area contributed by atoms with E-state index >= 15 is 0 Å². The summed E-state index contributed by atoms with van der Waals surface area (Å²) in [7, 11) is 0. The second-order valence-corrected chi connectivity index (χ2v) is 8.27. The van der Waals surface area contributed by atoms with Crippen LogP contribution in [-0.2, 0) is 16.1 Å². The van der Waals surface area contributed by atoms with E-state index < -0.39 is 6.04 Å². The van der Waals surface area contributed by atoms with Crippen molar-refractivity contribution in [1.82, 2.24) is 10.2 Å². The van der Waals surface area contributed by atoms with Crippen molar-refractivity contribution in [2.75, 3.05) is 6.61 Å². The third-order valence-corrected chi connectivity index (χ3v) is 5.70. The smallest absolute Gasteiger partial charge is 0.261 e. The molecule has 0 fully saturated rings. The van der Waals surface area contributed by atoms with E-state index in [4.69, 9.17) is 4.74 Å². The van der Waals surface area contributed by atoms with Gasteiger partial charge in [0.15, 0.2) is 6.61 Å². The van der Waals surface area contributed by atoms with Gasteiger partial charge in [-0.25, -0.2) is 0 Å². The van der Waals surface area contributed by atoms with Gasteiger partial charge < -0.3 is 15.0 Å². The van der Waals surface area contributed by atoms with Gasteiger partial charge in [-0.3, -0.25) is 9.59 Å². The average Bonchev–Trinajstić information content (AvgIpc) is 2.80. The minimum atomic E-state index is -0.617. The van der Waals surface area contributed by atoms with Crippen molar-refractivity contribution in [2.24, 2.45) is 0 Å². The van der Waals surface area contributed by atoms with Crippen molar-refractivity contribution in [3.05, 3.63) is 77.9 Å². The molecule has 0 aliphatic heterocycles. The highest BCUT2D eigenvalue weighted by molar-refractivity contribution is 5.90. The molecule has 3 aromatic carbocycles. The Bertz CT molecular complexity index is 1070. The standard InChI is InChI=1S/C27H32N2O3/c1-5-20(3)28-27(31)21(4)29(17-22-11-8-10-19(2)16-22)26(30)18-32-25-15-9-13-23-12-6-7-14-24(23)25/h6-16,20-21H,5,17-18H2,1-4H3,(H,28,31)/t20-,21-/m1/s1. The summed E-state index contributed by atoms with van der Waals surface area (Å²) in [5, 5.41) is 4.99. The van der Waals surface area contributed by atoms with Crippen LogP contribution in [0.15, 0.2) is 66.7 Å². The van der Waals surface area contributed by atoms with Crippen molar-refractivity contribution in [2.45, 2.75) is 52.7 Å². The zero-order chi connectivity index (χ0) is 23.1. The summed E-state index contributed by atoms with van der Waals surface area (Å²) in [6.45, 7) is 7.96.